The normalized spacial score (nSPS) is 21.4. The number of nitrogens with one attached hydrogen (secondary N) is 1. The van der Waals surface area contributed by atoms with Gasteiger partial charge in [-0.15, -0.1) is 0 Å². The predicted molar refractivity (Wildman–Crippen MR) is 86.9 cm³/mol. The molecule has 128 valence electrons. The summed E-state index contributed by atoms with van der Waals surface area (Å²) in [5.41, 5.74) is 0.726. The summed E-state index contributed by atoms with van der Waals surface area (Å²) < 4.78 is 7.31. The molecule has 9 nitrogen and oxygen atoms in total. The Balaban J connectivity index is 1.33. The van der Waals surface area contributed by atoms with Gasteiger partial charge in [0.1, 0.15) is 6.33 Å². The number of urea groups is 1. The molecule has 2 saturated heterocycles. The topological polar surface area (TPSA) is 87.9 Å². The molecule has 2 aromatic rings. The Morgan fingerprint density at radius 3 is 2.96 bits per heavy atom. The maximum absolute atomic E-state index is 12.3. The van der Waals surface area contributed by atoms with E-state index < -0.39 is 0 Å². The highest BCUT2D eigenvalue weighted by molar-refractivity contribution is 5.74. The van der Waals surface area contributed by atoms with Crippen molar-refractivity contribution in [2.45, 2.75) is 18.9 Å². The van der Waals surface area contributed by atoms with Crippen molar-refractivity contribution in [2.24, 2.45) is 0 Å². The van der Waals surface area contributed by atoms with Gasteiger partial charge in [-0.25, -0.2) is 9.78 Å². The maximum atomic E-state index is 12.3. The summed E-state index contributed by atoms with van der Waals surface area (Å²) in [5, 5.41) is 7.22. The molecule has 2 aliphatic rings. The lowest BCUT2D eigenvalue weighted by Gasteiger charge is -2.35. The fraction of sp³-hybridized carbons (Fsp3) is 0.600. The quantitative estimate of drug-likeness (QED) is 0.860. The van der Waals surface area contributed by atoms with Gasteiger partial charge in [0.2, 0.25) is 0 Å². The van der Waals surface area contributed by atoms with Crippen LogP contribution < -0.4 is 10.2 Å². The molecule has 0 unspecified atom stereocenters. The van der Waals surface area contributed by atoms with Crippen molar-refractivity contribution in [3.8, 4) is 0 Å². The van der Waals surface area contributed by atoms with Crippen molar-refractivity contribution < 1.29 is 9.53 Å². The lowest BCUT2D eigenvalue weighted by molar-refractivity contribution is 0.108. The number of nitrogens with zero attached hydrogens (tertiary/aromatic N) is 6. The van der Waals surface area contributed by atoms with Crippen molar-refractivity contribution in [2.75, 3.05) is 44.2 Å². The highest BCUT2D eigenvalue weighted by Gasteiger charge is 2.24. The second-order valence-electron chi connectivity index (χ2n) is 6.09. The number of fused-ring (bicyclic) bond motifs is 1. The monoisotopic (exact) mass is 331 g/mol. The zero-order chi connectivity index (χ0) is 16.4. The van der Waals surface area contributed by atoms with E-state index in [1.165, 1.54) is 6.33 Å². The summed E-state index contributed by atoms with van der Waals surface area (Å²) in [4.78, 5) is 24.7. The average Bonchev–Trinajstić information content (AvgIpc) is 3.31. The van der Waals surface area contributed by atoms with Crippen LogP contribution in [-0.4, -0.2) is 75.9 Å². The number of piperazine rings is 1. The van der Waals surface area contributed by atoms with Gasteiger partial charge in [-0.1, -0.05) is 0 Å². The summed E-state index contributed by atoms with van der Waals surface area (Å²) in [6, 6.07) is -0.0118. The van der Waals surface area contributed by atoms with E-state index in [2.05, 4.69) is 25.3 Å². The van der Waals surface area contributed by atoms with Crippen LogP contribution >= 0.6 is 0 Å². The van der Waals surface area contributed by atoms with E-state index in [1.54, 1.807) is 16.9 Å². The van der Waals surface area contributed by atoms with Crippen LogP contribution in [0.1, 0.15) is 12.8 Å². The van der Waals surface area contributed by atoms with E-state index >= 15 is 0 Å². The van der Waals surface area contributed by atoms with Crippen molar-refractivity contribution in [1.29, 1.82) is 0 Å². The van der Waals surface area contributed by atoms with Gasteiger partial charge in [-0.05, 0) is 12.8 Å². The summed E-state index contributed by atoms with van der Waals surface area (Å²) >= 11 is 0. The third-order valence-corrected chi connectivity index (χ3v) is 4.57. The van der Waals surface area contributed by atoms with E-state index in [9.17, 15) is 4.79 Å². The standard InChI is InChI=1S/C15H21N7O2/c23-15(17-8-12-2-1-7-24-12)21-5-3-20(4-6-21)14-10-16-9-13-18-11-19-22(13)14/h9-12H,1-8H2,(H,17,23)/t12-/m0/s1. The molecule has 1 atom stereocenters. The van der Waals surface area contributed by atoms with Crippen LogP contribution in [0.2, 0.25) is 0 Å². The maximum Gasteiger partial charge on any atom is 0.317 e. The number of rotatable bonds is 3. The summed E-state index contributed by atoms with van der Waals surface area (Å²) in [6.45, 7) is 4.23. The van der Waals surface area contributed by atoms with Crippen LogP contribution in [0.15, 0.2) is 18.7 Å². The zero-order valence-electron chi connectivity index (χ0n) is 13.5. The molecule has 24 heavy (non-hydrogen) atoms. The Morgan fingerprint density at radius 2 is 2.17 bits per heavy atom. The first-order valence-electron chi connectivity index (χ1n) is 8.34. The number of amides is 2. The molecular formula is C15H21N7O2. The molecule has 1 N–H and O–H groups in total. The molecule has 4 heterocycles. The lowest BCUT2D eigenvalue weighted by atomic mass is 10.2. The minimum Gasteiger partial charge on any atom is -0.376 e. The number of anilines is 1. The van der Waals surface area contributed by atoms with Gasteiger partial charge in [0.05, 0.1) is 18.5 Å². The number of carbonyl (C=O) groups excluding carboxylic acids is 1. The first kappa shape index (κ1) is 15.1. The Labute approximate surface area is 139 Å². The highest BCUT2D eigenvalue weighted by Crippen LogP contribution is 2.16. The molecule has 0 saturated carbocycles. The fourth-order valence-electron chi connectivity index (χ4n) is 3.21. The summed E-state index contributed by atoms with van der Waals surface area (Å²) in [5.74, 6) is 0.907. The largest absolute Gasteiger partial charge is 0.376 e. The van der Waals surface area contributed by atoms with Gasteiger partial charge in [-0.3, -0.25) is 4.98 Å². The molecule has 0 aromatic carbocycles. The molecular weight excluding hydrogens is 310 g/mol. The van der Waals surface area contributed by atoms with Crippen LogP contribution in [0.4, 0.5) is 10.6 Å². The number of hydrogen-bond donors (Lipinski definition) is 1. The second kappa shape index (κ2) is 6.60. The van der Waals surface area contributed by atoms with Crippen molar-refractivity contribution in [3.63, 3.8) is 0 Å². The predicted octanol–water partition coefficient (Wildman–Crippen LogP) is 0.135. The van der Waals surface area contributed by atoms with E-state index in [1.807, 2.05) is 4.90 Å². The Kier molecular flexibility index (Phi) is 4.16. The lowest BCUT2D eigenvalue weighted by Crippen LogP contribution is -2.53. The molecule has 0 aliphatic carbocycles. The highest BCUT2D eigenvalue weighted by atomic mass is 16.5. The van der Waals surface area contributed by atoms with Crippen LogP contribution in [0.25, 0.3) is 5.65 Å². The first-order valence-corrected chi connectivity index (χ1v) is 8.34. The third kappa shape index (κ3) is 2.99. The first-order chi connectivity index (χ1) is 11.8. The second-order valence-corrected chi connectivity index (χ2v) is 6.09. The minimum atomic E-state index is -0.0118. The van der Waals surface area contributed by atoms with E-state index in [0.29, 0.717) is 19.6 Å². The van der Waals surface area contributed by atoms with Crippen LogP contribution in [-0.2, 0) is 4.74 Å². The van der Waals surface area contributed by atoms with E-state index in [-0.39, 0.29) is 12.1 Å². The van der Waals surface area contributed by atoms with Crippen LogP contribution in [0.5, 0.6) is 0 Å². The van der Waals surface area contributed by atoms with Crippen molar-refractivity contribution in [3.05, 3.63) is 18.7 Å². The number of ether oxygens (including phenoxy) is 1. The smallest absolute Gasteiger partial charge is 0.317 e. The van der Waals surface area contributed by atoms with Gasteiger partial charge in [-0.2, -0.15) is 9.61 Å². The van der Waals surface area contributed by atoms with E-state index in [4.69, 9.17) is 4.74 Å². The summed E-state index contributed by atoms with van der Waals surface area (Å²) in [6.07, 6.45) is 7.28. The molecule has 0 radical (unpaired) electrons. The van der Waals surface area contributed by atoms with Gasteiger partial charge in [0.15, 0.2) is 11.5 Å². The number of hydrogen-bond acceptors (Lipinski definition) is 6. The molecule has 4 rings (SSSR count). The molecule has 2 aromatic heterocycles. The van der Waals surface area contributed by atoms with Gasteiger partial charge in [0, 0.05) is 39.3 Å². The molecule has 9 heteroatoms. The number of aromatic nitrogens is 4. The van der Waals surface area contributed by atoms with E-state index in [0.717, 1.165) is 44.0 Å². The molecule has 2 amide bonds. The van der Waals surface area contributed by atoms with Crippen molar-refractivity contribution >= 4 is 17.5 Å². The Morgan fingerprint density at radius 1 is 1.29 bits per heavy atom. The van der Waals surface area contributed by atoms with Gasteiger partial charge < -0.3 is 19.9 Å². The SMILES string of the molecule is O=C(NC[C@@H]1CCCO1)N1CCN(c2cncc3ncnn23)CC1. The van der Waals surface area contributed by atoms with Gasteiger partial charge >= 0.3 is 6.03 Å². The Bertz CT molecular complexity index is 705. The Hall–Kier alpha value is -2.42. The van der Waals surface area contributed by atoms with Crippen LogP contribution in [0.3, 0.4) is 0 Å². The zero-order valence-corrected chi connectivity index (χ0v) is 13.5. The molecule has 0 bridgehead atoms. The average molecular weight is 331 g/mol. The number of carbonyl (C=O) groups is 1. The van der Waals surface area contributed by atoms with Crippen molar-refractivity contribution in [1.82, 2.24) is 29.8 Å². The van der Waals surface area contributed by atoms with Crippen LogP contribution in [0, 0.1) is 0 Å². The summed E-state index contributed by atoms with van der Waals surface area (Å²) in [7, 11) is 0. The third-order valence-electron chi connectivity index (χ3n) is 4.57. The fourth-order valence-corrected chi connectivity index (χ4v) is 3.21. The van der Waals surface area contributed by atoms with Gasteiger partial charge in [0.25, 0.3) is 0 Å². The minimum absolute atomic E-state index is 0.0118. The molecule has 2 aliphatic heterocycles. The molecule has 2 fully saturated rings. The molecule has 0 spiro atoms.